The zero-order valence-corrected chi connectivity index (χ0v) is 9.74. The fraction of sp³-hybridized carbons (Fsp3) is 1.00. The maximum Gasteiger partial charge on any atom is 0.0471 e. The van der Waals surface area contributed by atoms with Crippen LogP contribution in [0.1, 0.15) is 13.3 Å². The minimum atomic E-state index is -1.33. The van der Waals surface area contributed by atoms with E-state index in [1.807, 2.05) is 0 Å². The summed E-state index contributed by atoms with van der Waals surface area (Å²) in [6, 6.07) is 0. The van der Waals surface area contributed by atoms with Crippen molar-refractivity contribution in [3.63, 3.8) is 0 Å². The molecule has 0 rings (SSSR count). The summed E-state index contributed by atoms with van der Waals surface area (Å²) in [5.74, 6) is 0. The first kappa shape index (κ1) is 11.3. The van der Waals surface area contributed by atoms with Crippen molar-refractivity contribution in [3.8, 4) is 0 Å². The molecule has 0 N–H and O–H groups in total. The molecule has 0 aliphatic carbocycles. The van der Waals surface area contributed by atoms with Crippen molar-refractivity contribution in [2.24, 2.45) is 0 Å². The zero-order valence-electron chi connectivity index (χ0n) is 8.85. The van der Waals surface area contributed by atoms with Crippen LogP contribution in [-0.4, -0.2) is 44.0 Å². The molecule has 0 heterocycles. The molecule has 72 valence electrons. The first-order chi connectivity index (χ1) is 4.74. The third-order valence-electron chi connectivity index (χ3n) is 2.50. The van der Waals surface area contributed by atoms with E-state index in [2.05, 4.69) is 31.9 Å². The fourth-order valence-electron chi connectivity index (χ4n) is 0.805. The average Bonchev–Trinajstić information content (AvgIpc) is 1.78. The molecule has 11 heavy (non-hydrogen) atoms. The summed E-state index contributed by atoms with van der Waals surface area (Å²) in [6.07, 6.45) is 10.9. The van der Waals surface area contributed by atoms with E-state index in [4.69, 9.17) is 4.74 Å². The lowest BCUT2D eigenvalue weighted by atomic mass is 10.3. The molecule has 0 aromatic rings. The molecule has 1 unspecified atom stereocenters. The van der Waals surface area contributed by atoms with Crippen LogP contribution >= 0.6 is 9.16 Å². The Morgan fingerprint density at radius 1 is 1.18 bits per heavy atom. The number of hydrogen-bond donors (Lipinski definition) is 1. The van der Waals surface area contributed by atoms with Crippen LogP contribution in [0.25, 0.3) is 0 Å². The van der Waals surface area contributed by atoms with Crippen molar-refractivity contribution in [2.75, 3.05) is 38.7 Å². The van der Waals surface area contributed by atoms with Gasteiger partial charge in [0.15, 0.2) is 0 Å². The Morgan fingerprint density at radius 2 is 1.64 bits per heavy atom. The standard InChI is InChI=1S/C9H24OS/c1-9(7-8-10-2)11(3,4,5)6/h9,11H,7-8H2,1-6H3. The van der Waals surface area contributed by atoms with Gasteiger partial charge in [0.05, 0.1) is 0 Å². The van der Waals surface area contributed by atoms with Gasteiger partial charge in [0, 0.05) is 13.7 Å². The SMILES string of the molecule is COCCC(C)[SH](C)(C)(C)C. The van der Waals surface area contributed by atoms with Gasteiger partial charge in [-0.3, -0.25) is 9.16 Å². The molecule has 0 spiro atoms. The van der Waals surface area contributed by atoms with Crippen LogP contribution in [-0.2, 0) is 4.74 Å². The molecule has 0 aliphatic rings. The van der Waals surface area contributed by atoms with Gasteiger partial charge in [0.1, 0.15) is 0 Å². The molecule has 2 heteroatoms. The second kappa shape index (κ2) is 3.36. The molecule has 0 amide bonds. The summed E-state index contributed by atoms with van der Waals surface area (Å²) >= 11 is 0. The monoisotopic (exact) mass is 180 g/mol. The smallest absolute Gasteiger partial charge is 0.0471 e. The topological polar surface area (TPSA) is 9.23 Å². The van der Waals surface area contributed by atoms with Crippen LogP contribution < -0.4 is 0 Å². The van der Waals surface area contributed by atoms with Crippen LogP contribution in [0.2, 0.25) is 0 Å². The summed E-state index contributed by atoms with van der Waals surface area (Å²) < 4.78 is 5.07. The van der Waals surface area contributed by atoms with Crippen molar-refractivity contribution in [3.05, 3.63) is 0 Å². The van der Waals surface area contributed by atoms with Gasteiger partial charge in [-0.25, -0.2) is 0 Å². The van der Waals surface area contributed by atoms with E-state index >= 15 is 0 Å². The van der Waals surface area contributed by atoms with E-state index in [0.717, 1.165) is 11.9 Å². The van der Waals surface area contributed by atoms with E-state index in [0.29, 0.717) is 0 Å². The summed E-state index contributed by atoms with van der Waals surface area (Å²) in [7, 11) is 0.442. The summed E-state index contributed by atoms with van der Waals surface area (Å²) in [5.41, 5.74) is 0. The average molecular weight is 180 g/mol. The molecule has 0 aliphatic heterocycles. The van der Waals surface area contributed by atoms with Crippen LogP contribution in [0.5, 0.6) is 0 Å². The predicted molar refractivity (Wildman–Crippen MR) is 58.6 cm³/mol. The van der Waals surface area contributed by atoms with Gasteiger partial charge < -0.3 is 4.74 Å². The maximum absolute atomic E-state index is 5.07. The highest BCUT2D eigenvalue weighted by Crippen LogP contribution is 2.60. The molecule has 0 saturated carbocycles. The van der Waals surface area contributed by atoms with Crippen molar-refractivity contribution in [2.45, 2.75) is 18.6 Å². The van der Waals surface area contributed by atoms with Crippen LogP contribution in [0.4, 0.5) is 0 Å². The number of methoxy groups -OCH3 is 1. The van der Waals surface area contributed by atoms with E-state index in [-0.39, 0.29) is 0 Å². The molecule has 0 saturated heterocycles. The van der Waals surface area contributed by atoms with Crippen LogP contribution in [0.15, 0.2) is 0 Å². The van der Waals surface area contributed by atoms with Crippen molar-refractivity contribution < 1.29 is 4.74 Å². The molecule has 0 radical (unpaired) electrons. The predicted octanol–water partition coefficient (Wildman–Crippen LogP) is 2.00. The molecule has 0 aromatic carbocycles. The third-order valence-corrected chi connectivity index (χ3v) is 6.29. The van der Waals surface area contributed by atoms with E-state index in [9.17, 15) is 0 Å². The Hall–Kier alpha value is 0.310. The van der Waals surface area contributed by atoms with Gasteiger partial charge in [-0.2, -0.15) is 0 Å². The Labute approximate surface area is 71.8 Å². The number of rotatable bonds is 4. The van der Waals surface area contributed by atoms with Gasteiger partial charge in [-0.15, -0.1) is 0 Å². The Morgan fingerprint density at radius 3 is 1.91 bits per heavy atom. The lowest BCUT2D eigenvalue weighted by molar-refractivity contribution is 0.195. The zero-order chi connectivity index (χ0) is 9.15. The van der Waals surface area contributed by atoms with Crippen LogP contribution in [0.3, 0.4) is 0 Å². The molecule has 0 fully saturated rings. The lowest BCUT2D eigenvalue weighted by Crippen LogP contribution is -2.25. The highest BCUT2D eigenvalue weighted by Gasteiger charge is 2.25. The van der Waals surface area contributed by atoms with Gasteiger partial charge >= 0.3 is 0 Å². The van der Waals surface area contributed by atoms with E-state index in [1.165, 1.54) is 6.42 Å². The number of hydrogen-bond acceptors (Lipinski definition) is 1. The maximum atomic E-state index is 5.07. The largest absolute Gasteiger partial charge is 0.385 e. The second-order valence-electron chi connectivity index (χ2n) is 5.35. The normalized spacial score (nSPS) is 18.9. The summed E-state index contributed by atoms with van der Waals surface area (Å²) in [4.78, 5) is 0. The first-order valence-electron chi connectivity index (χ1n) is 4.23. The van der Waals surface area contributed by atoms with E-state index in [1.54, 1.807) is 7.11 Å². The summed E-state index contributed by atoms with van der Waals surface area (Å²) in [6.45, 7) is 3.25. The lowest BCUT2D eigenvalue weighted by Gasteiger charge is -2.53. The summed E-state index contributed by atoms with van der Waals surface area (Å²) in [5, 5.41) is 0.820. The molecule has 1 atom stereocenters. The molecule has 1 nitrogen and oxygen atoms in total. The van der Waals surface area contributed by atoms with Gasteiger partial charge in [-0.05, 0) is 36.7 Å². The Bertz CT molecular complexity index is 114. The van der Waals surface area contributed by atoms with Gasteiger partial charge in [-0.1, -0.05) is 6.92 Å². The highest BCUT2D eigenvalue weighted by atomic mass is 32.3. The molecular weight excluding hydrogens is 156 g/mol. The Kier molecular flexibility index (Phi) is 3.45. The minimum absolute atomic E-state index is 0.820. The first-order valence-corrected chi connectivity index (χ1v) is 8.32. The fourth-order valence-corrected chi connectivity index (χ4v) is 1.94. The van der Waals surface area contributed by atoms with Gasteiger partial charge in [0.2, 0.25) is 0 Å². The van der Waals surface area contributed by atoms with Crippen LogP contribution in [0, 0.1) is 0 Å². The van der Waals surface area contributed by atoms with Crippen molar-refractivity contribution in [1.82, 2.24) is 0 Å². The minimum Gasteiger partial charge on any atom is -0.385 e. The highest BCUT2D eigenvalue weighted by molar-refractivity contribution is 8.48. The molecule has 0 bridgehead atoms. The van der Waals surface area contributed by atoms with Crippen molar-refractivity contribution in [1.29, 1.82) is 0 Å². The second-order valence-corrected chi connectivity index (χ2v) is 13.7. The quantitative estimate of drug-likeness (QED) is 0.651. The molecule has 0 aromatic heterocycles. The Balaban J connectivity index is 3.93. The number of ether oxygens (including phenoxy) is 1. The van der Waals surface area contributed by atoms with E-state index < -0.39 is 9.16 Å². The van der Waals surface area contributed by atoms with Gasteiger partial charge in [0.25, 0.3) is 0 Å². The van der Waals surface area contributed by atoms with Crippen molar-refractivity contribution >= 4 is 9.16 Å². The third kappa shape index (κ3) is 4.70. The molecular formula is C9H24OS. The number of thiol groups is 1.